The summed E-state index contributed by atoms with van der Waals surface area (Å²) in [6.45, 7) is 11.2. The number of piperazine rings is 1. The van der Waals surface area contributed by atoms with Gasteiger partial charge in [-0.2, -0.15) is 0 Å². The molecule has 128 valence electrons. The molecule has 0 amide bonds. The van der Waals surface area contributed by atoms with Gasteiger partial charge in [-0.25, -0.2) is 0 Å². The molecule has 1 saturated heterocycles. The number of halogens is 3. The first-order chi connectivity index (χ1) is 9.59. The minimum absolute atomic E-state index is 0. The summed E-state index contributed by atoms with van der Waals surface area (Å²) < 4.78 is 0. The van der Waals surface area contributed by atoms with E-state index in [9.17, 15) is 0 Å². The van der Waals surface area contributed by atoms with Gasteiger partial charge in [-0.1, -0.05) is 37.6 Å². The van der Waals surface area contributed by atoms with Crippen molar-refractivity contribution in [3.63, 3.8) is 0 Å². The third kappa shape index (κ3) is 5.90. The molecule has 1 aliphatic heterocycles. The molecule has 2 nitrogen and oxygen atoms in total. The van der Waals surface area contributed by atoms with Crippen molar-refractivity contribution in [1.29, 1.82) is 0 Å². The Morgan fingerprint density at radius 2 is 1.77 bits per heavy atom. The first-order valence-electron chi connectivity index (χ1n) is 7.79. The van der Waals surface area contributed by atoms with Gasteiger partial charge in [0.1, 0.15) is 0 Å². The van der Waals surface area contributed by atoms with Crippen molar-refractivity contribution in [2.75, 3.05) is 26.2 Å². The summed E-state index contributed by atoms with van der Waals surface area (Å²) in [4.78, 5) is 2.60. The maximum Gasteiger partial charge on any atom is 0.0456 e. The second-order valence-corrected chi connectivity index (χ2v) is 6.65. The number of nitrogens with one attached hydrogen (secondary N) is 1. The van der Waals surface area contributed by atoms with Gasteiger partial charge in [-0.15, -0.1) is 24.8 Å². The molecule has 0 bridgehead atoms. The van der Waals surface area contributed by atoms with Gasteiger partial charge in [-0.3, -0.25) is 4.90 Å². The number of nitrogens with zero attached hydrogens (tertiary/aromatic N) is 1. The molecule has 22 heavy (non-hydrogen) atoms. The van der Waals surface area contributed by atoms with Crippen LogP contribution in [0, 0.1) is 12.8 Å². The Kier molecular flexibility index (Phi) is 10.7. The van der Waals surface area contributed by atoms with E-state index >= 15 is 0 Å². The number of hydrogen-bond acceptors (Lipinski definition) is 2. The highest BCUT2D eigenvalue weighted by Crippen LogP contribution is 2.34. The molecule has 0 unspecified atom stereocenters. The van der Waals surface area contributed by atoms with Crippen molar-refractivity contribution in [1.82, 2.24) is 10.2 Å². The predicted molar refractivity (Wildman–Crippen MR) is 102 cm³/mol. The summed E-state index contributed by atoms with van der Waals surface area (Å²) in [6, 6.07) is 6.74. The first-order valence-corrected chi connectivity index (χ1v) is 8.17. The highest BCUT2D eigenvalue weighted by molar-refractivity contribution is 6.31. The van der Waals surface area contributed by atoms with Crippen LogP contribution < -0.4 is 5.32 Å². The van der Waals surface area contributed by atoms with E-state index < -0.39 is 0 Å². The summed E-state index contributed by atoms with van der Waals surface area (Å²) in [7, 11) is 0. The van der Waals surface area contributed by atoms with Gasteiger partial charge in [0.25, 0.3) is 0 Å². The molecule has 0 aromatic heterocycles. The summed E-state index contributed by atoms with van der Waals surface area (Å²) in [5.41, 5.74) is 2.67. The molecule has 0 spiro atoms. The molecule has 1 atom stereocenters. The van der Waals surface area contributed by atoms with Crippen molar-refractivity contribution in [3.8, 4) is 0 Å². The summed E-state index contributed by atoms with van der Waals surface area (Å²) >= 11 is 6.52. The molecule has 1 aliphatic rings. The summed E-state index contributed by atoms with van der Waals surface area (Å²) in [5.74, 6) is 0.739. The number of rotatable bonds is 5. The van der Waals surface area contributed by atoms with E-state index in [0.717, 1.165) is 37.1 Å². The van der Waals surface area contributed by atoms with Crippen LogP contribution >= 0.6 is 36.4 Å². The molecular formula is C17H29Cl3N2. The quantitative estimate of drug-likeness (QED) is 0.798. The van der Waals surface area contributed by atoms with Crippen LogP contribution in [-0.4, -0.2) is 31.1 Å². The van der Waals surface area contributed by atoms with Gasteiger partial charge in [0, 0.05) is 37.2 Å². The average Bonchev–Trinajstić information content (AvgIpc) is 2.42. The van der Waals surface area contributed by atoms with Crippen LogP contribution in [0.15, 0.2) is 18.2 Å². The third-order valence-corrected chi connectivity index (χ3v) is 4.54. The molecule has 0 radical (unpaired) electrons. The summed E-state index contributed by atoms with van der Waals surface area (Å²) in [5, 5.41) is 4.37. The van der Waals surface area contributed by atoms with Crippen LogP contribution in [0.25, 0.3) is 0 Å². The van der Waals surface area contributed by atoms with E-state index in [2.05, 4.69) is 43.1 Å². The lowest BCUT2D eigenvalue weighted by Gasteiger charge is -2.36. The topological polar surface area (TPSA) is 15.3 Å². The zero-order chi connectivity index (χ0) is 14.5. The van der Waals surface area contributed by atoms with Crippen molar-refractivity contribution >= 4 is 36.4 Å². The molecule has 1 heterocycles. The number of hydrogen-bond donors (Lipinski definition) is 1. The molecule has 1 N–H and O–H groups in total. The van der Waals surface area contributed by atoms with Gasteiger partial charge in [0.15, 0.2) is 0 Å². The molecule has 0 saturated carbocycles. The standard InChI is InChI=1S/C17H27ClN2.2ClH/c1-13(2)7-8-16(20-11-9-19-10-12-20)17-14(3)5-4-6-15(17)18;;/h4-6,13,16,19H,7-12H2,1-3H3;2*1H/t16-;;/m0../s1. The maximum atomic E-state index is 6.52. The lowest BCUT2D eigenvalue weighted by atomic mass is 9.93. The second kappa shape index (κ2) is 10.7. The fourth-order valence-corrected chi connectivity index (χ4v) is 3.41. The zero-order valence-corrected chi connectivity index (χ0v) is 16.2. The minimum atomic E-state index is 0. The Hall–Kier alpha value is 0.01000. The smallest absolute Gasteiger partial charge is 0.0456 e. The number of aryl methyl sites for hydroxylation is 1. The van der Waals surface area contributed by atoms with Crippen LogP contribution in [0.2, 0.25) is 5.02 Å². The van der Waals surface area contributed by atoms with Crippen molar-refractivity contribution < 1.29 is 0 Å². The zero-order valence-electron chi connectivity index (χ0n) is 13.8. The molecule has 1 aromatic rings. The highest BCUT2D eigenvalue weighted by atomic mass is 35.5. The lowest BCUT2D eigenvalue weighted by molar-refractivity contribution is 0.159. The third-order valence-electron chi connectivity index (χ3n) is 4.21. The van der Waals surface area contributed by atoms with Crippen LogP contribution in [0.1, 0.15) is 43.9 Å². The largest absolute Gasteiger partial charge is 0.314 e. The van der Waals surface area contributed by atoms with Crippen LogP contribution in [-0.2, 0) is 0 Å². The molecule has 5 heteroatoms. The van der Waals surface area contributed by atoms with E-state index in [0.29, 0.717) is 6.04 Å². The van der Waals surface area contributed by atoms with Crippen LogP contribution in [0.3, 0.4) is 0 Å². The Morgan fingerprint density at radius 1 is 1.14 bits per heavy atom. The van der Waals surface area contributed by atoms with Crippen LogP contribution in [0.4, 0.5) is 0 Å². The van der Waals surface area contributed by atoms with Crippen molar-refractivity contribution in [3.05, 3.63) is 34.3 Å². The van der Waals surface area contributed by atoms with Gasteiger partial charge >= 0.3 is 0 Å². The normalized spacial score (nSPS) is 16.8. The Bertz CT molecular complexity index is 412. The minimum Gasteiger partial charge on any atom is -0.314 e. The van der Waals surface area contributed by atoms with E-state index in [4.69, 9.17) is 11.6 Å². The molecular weight excluding hydrogens is 339 g/mol. The molecule has 1 fully saturated rings. The van der Waals surface area contributed by atoms with Gasteiger partial charge in [-0.05, 0) is 42.9 Å². The lowest BCUT2D eigenvalue weighted by Crippen LogP contribution is -2.45. The van der Waals surface area contributed by atoms with E-state index in [1.54, 1.807) is 0 Å². The van der Waals surface area contributed by atoms with E-state index in [1.807, 2.05) is 6.07 Å². The molecule has 1 aromatic carbocycles. The Balaban J connectivity index is 0.00000220. The first kappa shape index (κ1) is 22.0. The van der Waals surface area contributed by atoms with Crippen LogP contribution in [0.5, 0.6) is 0 Å². The number of benzene rings is 1. The van der Waals surface area contributed by atoms with E-state index in [1.165, 1.54) is 24.0 Å². The van der Waals surface area contributed by atoms with Crippen molar-refractivity contribution in [2.45, 2.75) is 39.7 Å². The fraction of sp³-hybridized carbons (Fsp3) is 0.647. The van der Waals surface area contributed by atoms with Gasteiger partial charge < -0.3 is 5.32 Å². The second-order valence-electron chi connectivity index (χ2n) is 6.24. The Morgan fingerprint density at radius 3 is 2.32 bits per heavy atom. The van der Waals surface area contributed by atoms with Gasteiger partial charge in [0.2, 0.25) is 0 Å². The average molecular weight is 368 g/mol. The van der Waals surface area contributed by atoms with E-state index in [-0.39, 0.29) is 24.8 Å². The summed E-state index contributed by atoms with van der Waals surface area (Å²) in [6.07, 6.45) is 2.45. The monoisotopic (exact) mass is 366 g/mol. The highest BCUT2D eigenvalue weighted by Gasteiger charge is 2.25. The molecule has 2 rings (SSSR count). The maximum absolute atomic E-state index is 6.52. The SMILES string of the molecule is Cc1cccc(Cl)c1[C@H](CCC(C)C)N1CCNCC1.Cl.Cl. The molecule has 0 aliphatic carbocycles. The van der Waals surface area contributed by atoms with Gasteiger partial charge in [0.05, 0.1) is 0 Å². The Labute approximate surface area is 152 Å². The fourth-order valence-electron chi connectivity index (χ4n) is 3.06. The predicted octanol–water partition coefficient (Wildman–Crippen LogP) is 4.87. The van der Waals surface area contributed by atoms with Crippen molar-refractivity contribution in [2.24, 2.45) is 5.92 Å².